The number of aromatic nitrogens is 4. The summed E-state index contributed by atoms with van der Waals surface area (Å²) in [6.45, 7) is 8.08. The zero-order valence-corrected chi connectivity index (χ0v) is 17.8. The lowest BCUT2D eigenvalue weighted by Gasteiger charge is -2.10. The fraction of sp³-hybridized carbons (Fsp3) is 0.333. The molecule has 3 rings (SSSR count). The summed E-state index contributed by atoms with van der Waals surface area (Å²) in [4.78, 5) is 17.4. The molecule has 0 bridgehead atoms. The first-order valence-electron chi connectivity index (χ1n) is 9.70. The molecule has 0 amide bonds. The van der Waals surface area contributed by atoms with Gasteiger partial charge in [0.15, 0.2) is 5.82 Å². The number of aryl methyl sites for hydroxylation is 3. The first-order valence-corrected chi connectivity index (χ1v) is 9.70. The highest BCUT2D eigenvalue weighted by atomic mass is 16.5. The predicted octanol–water partition coefficient (Wildman–Crippen LogP) is 3.19. The molecule has 1 aromatic carbocycles. The molecule has 0 atom stereocenters. The van der Waals surface area contributed by atoms with Gasteiger partial charge < -0.3 is 15.2 Å². The van der Waals surface area contributed by atoms with Gasteiger partial charge in [0.25, 0.3) is 0 Å². The molecule has 0 aliphatic rings. The van der Waals surface area contributed by atoms with Crippen LogP contribution in [0.15, 0.2) is 35.3 Å². The molecule has 3 aromatic rings. The zero-order valence-electron chi connectivity index (χ0n) is 17.8. The largest absolute Gasteiger partial charge is 0.479 e. The SMILES string of the molecule is CCOC(=O)c1c(C)nn(-c2ccccc2)c1/N=C(\OC)c1c(N)c(C)nn1CC. The number of aliphatic imine (C=N–C) groups is 1. The number of para-hydroxylation sites is 1. The van der Waals surface area contributed by atoms with E-state index in [2.05, 4.69) is 15.2 Å². The van der Waals surface area contributed by atoms with Crippen molar-refractivity contribution >= 4 is 23.4 Å². The third-order valence-electron chi connectivity index (χ3n) is 4.59. The average molecular weight is 410 g/mol. The number of hydrogen-bond acceptors (Lipinski definition) is 7. The van der Waals surface area contributed by atoms with E-state index in [1.807, 2.05) is 44.2 Å². The molecule has 9 heteroatoms. The first-order chi connectivity index (χ1) is 14.4. The van der Waals surface area contributed by atoms with E-state index in [0.717, 1.165) is 5.69 Å². The van der Waals surface area contributed by atoms with Gasteiger partial charge in [-0.15, -0.1) is 0 Å². The molecule has 0 fully saturated rings. The second-order valence-corrected chi connectivity index (χ2v) is 6.54. The molecule has 0 unspecified atom stereocenters. The maximum Gasteiger partial charge on any atom is 0.343 e. The zero-order chi connectivity index (χ0) is 21.8. The Balaban J connectivity index is 2.28. The number of carbonyl (C=O) groups excluding carboxylic acids is 1. The molecular formula is C21H26N6O3. The number of carbonyl (C=O) groups is 1. The number of rotatable bonds is 6. The molecule has 2 heterocycles. The molecule has 0 saturated heterocycles. The highest BCUT2D eigenvalue weighted by molar-refractivity contribution is 6.02. The monoisotopic (exact) mass is 410 g/mol. The Kier molecular flexibility index (Phi) is 6.20. The van der Waals surface area contributed by atoms with Crippen molar-refractivity contribution in [1.29, 1.82) is 0 Å². The minimum Gasteiger partial charge on any atom is -0.479 e. The van der Waals surface area contributed by atoms with E-state index in [0.29, 0.717) is 35.1 Å². The molecular weight excluding hydrogens is 384 g/mol. The Hall–Kier alpha value is -3.62. The van der Waals surface area contributed by atoms with Crippen LogP contribution in [0.4, 0.5) is 11.5 Å². The number of hydrogen-bond donors (Lipinski definition) is 1. The minimum atomic E-state index is -0.500. The summed E-state index contributed by atoms with van der Waals surface area (Å²) < 4.78 is 14.1. The Bertz CT molecular complexity index is 1080. The molecule has 158 valence electrons. The number of benzene rings is 1. The van der Waals surface area contributed by atoms with Gasteiger partial charge in [0.05, 0.1) is 36.5 Å². The molecule has 0 radical (unpaired) electrons. The van der Waals surface area contributed by atoms with Gasteiger partial charge >= 0.3 is 5.97 Å². The molecule has 0 aliphatic carbocycles. The van der Waals surface area contributed by atoms with Crippen molar-refractivity contribution < 1.29 is 14.3 Å². The Morgan fingerprint density at radius 1 is 1.13 bits per heavy atom. The number of methoxy groups -OCH3 is 1. The van der Waals surface area contributed by atoms with Crippen molar-refractivity contribution in [3.8, 4) is 5.69 Å². The van der Waals surface area contributed by atoms with Crippen molar-refractivity contribution in [2.45, 2.75) is 34.2 Å². The third-order valence-corrected chi connectivity index (χ3v) is 4.59. The van der Waals surface area contributed by atoms with E-state index in [4.69, 9.17) is 15.2 Å². The molecule has 2 aromatic heterocycles. The van der Waals surface area contributed by atoms with Gasteiger partial charge in [-0.05, 0) is 39.8 Å². The second-order valence-electron chi connectivity index (χ2n) is 6.54. The Labute approximate surface area is 175 Å². The summed E-state index contributed by atoms with van der Waals surface area (Å²) >= 11 is 0. The van der Waals surface area contributed by atoms with Crippen LogP contribution >= 0.6 is 0 Å². The maximum atomic E-state index is 12.7. The van der Waals surface area contributed by atoms with Gasteiger partial charge in [-0.1, -0.05) is 18.2 Å². The number of nitrogens with zero attached hydrogens (tertiary/aromatic N) is 5. The van der Waals surface area contributed by atoms with Crippen LogP contribution in [0.3, 0.4) is 0 Å². The summed E-state index contributed by atoms with van der Waals surface area (Å²) in [5, 5.41) is 8.96. The standard InChI is InChI=1S/C21H26N6O3/c1-6-26-18(17(22)14(4)24-26)20(29-5)23-19-16(21(28)30-7-2)13(3)25-27(19)15-11-9-8-10-12-15/h8-12H,6-7,22H2,1-5H3/b23-20-. The lowest BCUT2D eigenvalue weighted by atomic mass is 10.2. The molecule has 30 heavy (non-hydrogen) atoms. The Morgan fingerprint density at radius 3 is 2.43 bits per heavy atom. The molecule has 2 N–H and O–H groups in total. The van der Waals surface area contributed by atoms with Crippen LogP contribution < -0.4 is 5.73 Å². The fourth-order valence-corrected chi connectivity index (χ4v) is 3.15. The third kappa shape index (κ3) is 3.78. The van der Waals surface area contributed by atoms with Crippen molar-refractivity contribution in [3.63, 3.8) is 0 Å². The summed E-state index contributed by atoms with van der Waals surface area (Å²) in [7, 11) is 1.50. The van der Waals surface area contributed by atoms with Crippen LogP contribution in [0.5, 0.6) is 0 Å². The van der Waals surface area contributed by atoms with Crippen molar-refractivity contribution in [2.75, 3.05) is 19.5 Å². The highest BCUT2D eigenvalue weighted by Gasteiger charge is 2.26. The highest BCUT2D eigenvalue weighted by Crippen LogP contribution is 2.29. The average Bonchev–Trinajstić information content (AvgIpc) is 3.22. The predicted molar refractivity (Wildman–Crippen MR) is 115 cm³/mol. The second kappa shape index (κ2) is 8.81. The van der Waals surface area contributed by atoms with Crippen LogP contribution in [0, 0.1) is 13.8 Å². The number of nitrogen functional groups attached to an aromatic ring is 1. The summed E-state index contributed by atoms with van der Waals surface area (Å²) in [5.41, 5.74) is 9.46. The molecule has 0 saturated carbocycles. The smallest absolute Gasteiger partial charge is 0.343 e. The van der Waals surface area contributed by atoms with E-state index in [9.17, 15) is 4.79 Å². The van der Waals surface area contributed by atoms with E-state index < -0.39 is 5.97 Å². The lowest BCUT2D eigenvalue weighted by Crippen LogP contribution is -2.14. The van der Waals surface area contributed by atoms with Crippen LogP contribution in [0.2, 0.25) is 0 Å². The van der Waals surface area contributed by atoms with Crippen molar-refractivity contribution in [3.05, 3.63) is 53.0 Å². The quantitative estimate of drug-likeness (QED) is 0.380. The number of nitrogens with two attached hydrogens (primary N) is 1. The van der Waals surface area contributed by atoms with Crippen LogP contribution in [0.1, 0.15) is 41.3 Å². The van der Waals surface area contributed by atoms with Crippen LogP contribution in [-0.2, 0) is 16.0 Å². The van der Waals surface area contributed by atoms with Gasteiger partial charge in [-0.3, -0.25) is 4.68 Å². The number of ether oxygens (including phenoxy) is 2. The molecule has 9 nitrogen and oxygen atoms in total. The first kappa shape index (κ1) is 21.1. The number of esters is 1. The topological polar surface area (TPSA) is 110 Å². The van der Waals surface area contributed by atoms with Gasteiger partial charge in [-0.2, -0.15) is 15.2 Å². The summed E-state index contributed by atoms with van der Waals surface area (Å²) in [6, 6.07) is 9.42. The van der Waals surface area contributed by atoms with E-state index in [1.165, 1.54) is 7.11 Å². The summed E-state index contributed by atoms with van der Waals surface area (Å²) in [5.74, 6) is 0.0343. The van der Waals surface area contributed by atoms with Gasteiger partial charge in [0.2, 0.25) is 5.90 Å². The number of anilines is 1. The Morgan fingerprint density at radius 2 is 1.83 bits per heavy atom. The van der Waals surface area contributed by atoms with E-state index in [-0.39, 0.29) is 18.1 Å². The van der Waals surface area contributed by atoms with Crippen LogP contribution in [0.25, 0.3) is 5.69 Å². The van der Waals surface area contributed by atoms with Gasteiger partial charge in [0.1, 0.15) is 11.3 Å². The van der Waals surface area contributed by atoms with Crippen LogP contribution in [-0.4, -0.2) is 45.1 Å². The fourth-order valence-electron chi connectivity index (χ4n) is 3.15. The maximum absolute atomic E-state index is 12.7. The normalized spacial score (nSPS) is 11.6. The van der Waals surface area contributed by atoms with Crippen molar-refractivity contribution in [1.82, 2.24) is 19.6 Å². The lowest BCUT2D eigenvalue weighted by molar-refractivity contribution is 0.0526. The molecule has 0 spiro atoms. The molecule has 0 aliphatic heterocycles. The van der Waals surface area contributed by atoms with Crippen molar-refractivity contribution in [2.24, 2.45) is 4.99 Å². The van der Waals surface area contributed by atoms with E-state index >= 15 is 0 Å². The summed E-state index contributed by atoms with van der Waals surface area (Å²) in [6.07, 6.45) is 0. The van der Waals surface area contributed by atoms with Gasteiger partial charge in [0, 0.05) is 6.54 Å². The van der Waals surface area contributed by atoms with E-state index in [1.54, 1.807) is 23.2 Å². The van der Waals surface area contributed by atoms with Gasteiger partial charge in [-0.25, -0.2) is 9.48 Å². The minimum absolute atomic E-state index is 0.234.